The summed E-state index contributed by atoms with van der Waals surface area (Å²) in [5.41, 5.74) is 1.38. The Bertz CT molecular complexity index is 1200. The van der Waals surface area contributed by atoms with Crippen LogP contribution in [-0.2, 0) is 18.4 Å². The van der Waals surface area contributed by atoms with Crippen molar-refractivity contribution < 1.29 is 13.9 Å². The Morgan fingerprint density at radius 3 is 2.73 bits per heavy atom. The van der Waals surface area contributed by atoms with Crippen LogP contribution in [0, 0.1) is 5.82 Å². The first-order valence-electron chi connectivity index (χ1n) is 9.22. The van der Waals surface area contributed by atoms with Gasteiger partial charge in [-0.15, -0.1) is 11.3 Å². The van der Waals surface area contributed by atoms with Gasteiger partial charge < -0.3 is 14.6 Å². The van der Waals surface area contributed by atoms with E-state index in [1.807, 2.05) is 29.9 Å². The van der Waals surface area contributed by atoms with Crippen LogP contribution in [0.15, 0.2) is 54.9 Å². The molecule has 1 amide bonds. The number of fused-ring (bicyclic) bond motifs is 1. The third-order valence-electron chi connectivity index (χ3n) is 4.85. The van der Waals surface area contributed by atoms with E-state index >= 15 is 0 Å². The smallest absolute Gasteiger partial charge is 0.262 e. The van der Waals surface area contributed by atoms with Gasteiger partial charge in [-0.05, 0) is 29.8 Å². The molecule has 0 saturated heterocycles. The monoisotopic (exact) mass is 443 g/mol. The summed E-state index contributed by atoms with van der Waals surface area (Å²) in [6.07, 6.45) is 3.49. The van der Waals surface area contributed by atoms with E-state index in [9.17, 15) is 9.18 Å². The highest BCUT2D eigenvalue weighted by atomic mass is 35.5. The topological polar surface area (TPSA) is 56.1 Å². The number of thiophene rings is 1. The predicted octanol–water partition coefficient (Wildman–Crippen LogP) is 5.09. The summed E-state index contributed by atoms with van der Waals surface area (Å²) in [6.45, 7) is 0.137. The van der Waals surface area contributed by atoms with Crippen LogP contribution in [0.25, 0.3) is 10.1 Å². The molecule has 4 aromatic rings. The molecule has 154 valence electrons. The van der Waals surface area contributed by atoms with E-state index in [-0.39, 0.29) is 18.3 Å². The lowest BCUT2D eigenvalue weighted by atomic mass is 10.1. The van der Waals surface area contributed by atoms with Crippen LogP contribution in [0.4, 0.5) is 4.39 Å². The molecule has 30 heavy (non-hydrogen) atoms. The number of aryl methyl sites for hydroxylation is 1. The summed E-state index contributed by atoms with van der Waals surface area (Å²) in [5.74, 6) is -0.00921. The number of nitrogens with zero attached hydrogens (tertiary/aromatic N) is 2. The van der Waals surface area contributed by atoms with Gasteiger partial charge in [0.25, 0.3) is 5.91 Å². The van der Waals surface area contributed by atoms with Crippen LogP contribution in [0.3, 0.4) is 0 Å². The van der Waals surface area contributed by atoms with E-state index < -0.39 is 6.04 Å². The van der Waals surface area contributed by atoms with Crippen molar-refractivity contribution in [1.29, 1.82) is 0 Å². The molecule has 0 spiro atoms. The third kappa shape index (κ3) is 3.84. The fourth-order valence-corrected chi connectivity index (χ4v) is 4.69. The van der Waals surface area contributed by atoms with E-state index in [0.717, 1.165) is 5.56 Å². The van der Waals surface area contributed by atoms with Crippen LogP contribution < -0.4 is 5.32 Å². The number of methoxy groups -OCH3 is 1. The van der Waals surface area contributed by atoms with Crippen molar-refractivity contribution in [2.75, 3.05) is 7.11 Å². The largest absolute Gasteiger partial charge is 0.380 e. The van der Waals surface area contributed by atoms with Crippen LogP contribution in [0.1, 0.15) is 32.7 Å². The minimum atomic E-state index is -0.500. The standard InChI is InChI=1S/C22H19ClFN3O2S/c1-27-11-10-25-21(27)19(13-6-8-14(23)9-7-13)26-22(28)20-15(12-29-2)18-16(24)4-3-5-17(18)30-20/h3-11,19H,12H2,1-2H3,(H,26,28). The molecule has 5 nitrogen and oxygen atoms in total. The second kappa shape index (κ2) is 8.55. The second-order valence-corrected chi connectivity index (χ2v) is 8.30. The summed E-state index contributed by atoms with van der Waals surface area (Å²) in [4.78, 5) is 18.2. The number of halogens is 2. The molecule has 0 aliphatic heterocycles. The Morgan fingerprint density at radius 1 is 1.30 bits per heavy atom. The van der Waals surface area contributed by atoms with Crippen molar-refractivity contribution in [1.82, 2.24) is 14.9 Å². The van der Waals surface area contributed by atoms with Crippen molar-refractivity contribution in [2.45, 2.75) is 12.6 Å². The number of rotatable bonds is 6. The van der Waals surface area contributed by atoms with Gasteiger partial charge in [0.2, 0.25) is 0 Å². The molecule has 1 N–H and O–H groups in total. The number of carbonyl (C=O) groups excluding carboxylic acids is 1. The van der Waals surface area contributed by atoms with Gasteiger partial charge in [-0.2, -0.15) is 0 Å². The van der Waals surface area contributed by atoms with Gasteiger partial charge in [-0.3, -0.25) is 4.79 Å². The fraction of sp³-hybridized carbons (Fsp3) is 0.182. The van der Waals surface area contributed by atoms with E-state index in [2.05, 4.69) is 10.3 Å². The van der Waals surface area contributed by atoms with Crippen molar-refractivity contribution in [3.63, 3.8) is 0 Å². The van der Waals surface area contributed by atoms with E-state index in [1.54, 1.807) is 30.5 Å². The average molecular weight is 444 g/mol. The molecule has 2 aromatic heterocycles. The molecule has 0 bridgehead atoms. The molecule has 1 unspecified atom stereocenters. The molecule has 2 heterocycles. The molecule has 0 aliphatic carbocycles. The van der Waals surface area contributed by atoms with Crippen LogP contribution >= 0.6 is 22.9 Å². The fourth-order valence-electron chi connectivity index (χ4n) is 3.44. The molecular weight excluding hydrogens is 425 g/mol. The predicted molar refractivity (Wildman–Crippen MR) is 116 cm³/mol. The lowest BCUT2D eigenvalue weighted by molar-refractivity contribution is 0.0941. The van der Waals surface area contributed by atoms with E-state index in [0.29, 0.717) is 31.4 Å². The lowest BCUT2D eigenvalue weighted by Crippen LogP contribution is -2.31. The first-order chi connectivity index (χ1) is 14.5. The Kier molecular flexibility index (Phi) is 5.85. The van der Waals surface area contributed by atoms with Gasteiger partial charge in [0.05, 0.1) is 11.5 Å². The Balaban J connectivity index is 1.76. The number of aromatic nitrogens is 2. The van der Waals surface area contributed by atoms with Gasteiger partial charge in [0.15, 0.2) is 0 Å². The number of amides is 1. The van der Waals surface area contributed by atoms with Gasteiger partial charge in [-0.1, -0.05) is 29.8 Å². The number of hydrogen-bond acceptors (Lipinski definition) is 4. The zero-order valence-electron chi connectivity index (χ0n) is 16.4. The highest BCUT2D eigenvalue weighted by Crippen LogP contribution is 2.34. The number of nitrogens with one attached hydrogen (secondary N) is 1. The lowest BCUT2D eigenvalue weighted by Gasteiger charge is -2.19. The van der Waals surface area contributed by atoms with Gasteiger partial charge in [0, 0.05) is 47.2 Å². The third-order valence-corrected chi connectivity index (χ3v) is 6.30. The Hall–Kier alpha value is -2.74. The summed E-state index contributed by atoms with van der Waals surface area (Å²) in [6, 6.07) is 11.6. The zero-order valence-corrected chi connectivity index (χ0v) is 17.9. The van der Waals surface area contributed by atoms with Crippen LogP contribution in [-0.4, -0.2) is 22.6 Å². The average Bonchev–Trinajstić information content (AvgIpc) is 3.32. The van der Waals surface area contributed by atoms with Crippen molar-refractivity contribution >= 4 is 38.9 Å². The maximum atomic E-state index is 14.5. The summed E-state index contributed by atoms with van der Waals surface area (Å²) < 4.78 is 22.3. The maximum Gasteiger partial charge on any atom is 0.262 e. The molecule has 0 radical (unpaired) electrons. The van der Waals surface area contributed by atoms with Gasteiger partial charge in [0.1, 0.15) is 17.7 Å². The van der Waals surface area contributed by atoms with Crippen molar-refractivity contribution in [3.8, 4) is 0 Å². The summed E-state index contributed by atoms with van der Waals surface area (Å²) in [7, 11) is 3.39. The van der Waals surface area contributed by atoms with Crippen LogP contribution in [0.2, 0.25) is 5.02 Å². The zero-order chi connectivity index (χ0) is 21.3. The number of imidazole rings is 1. The molecule has 2 aromatic carbocycles. The normalized spacial score (nSPS) is 12.3. The highest BCUT2D eigenvalue weighted by Gasteiger charge is 2.26. The molecule has 0 saturated carbocycles. The van der Waals surface area contributed by atoms with Gasteiger partial charge in [-0.25, -0.2) is 9.37 Å². The SMILES string of the molecule is COCc1c(C(=O)NC(c2ccc(Cl)cc2)c2nccn2C)sc2cccc(F)c12. The van der Waals surface area contributed by atoms with Crippen molar-refractivity contribution in [2.24, 2.45) is 7.05 Å². The van der Waals surface area contributed by atoms with E-state index in [1.165, 1.54) is 24.5 Å². The van der Waals surface area contributed by atoms with Crippen molar-refractivity contribution in [3.05, 3.63) is 87.5 Å². The summed E-state index contributed by atoms with van der Waals surface area (Å²) in [5, 5.41) is 4.09. The highest BCUT2D eigenvalue weighted by molar-refractivity contribution is 7.21. The first kappa shape index (κ1) is 20.5. The quantitative estimate of drug-likeness (QED) is 0.451. The van der Waals surface area contributed by atoms with Gasteiger partial charge >= 0.3 is 0 Å². The minimum absolute atomic E-state index is 0.137. The van der Waals surface area contributed by atoms with E-state index in [4.69, 9.17) is 16.3 Å². The molecule has 1 atom stereocenters. The molecule has 4 rings (SSSR count). The molecule has 0 aliphatic rings. The maximum absolute atomic E-state index is 14.5. The number of ether oxygens (including phenoxy) is 1. The molecule has 8 heteroatoms. The molecule has 0 fully saturated rings. The minimum Gasteiger partial charge on any atom is -0.380 e. The Labute approximate surface area is 182 Å². The number of hydrogen-bond donors (Lipinski definition) is 1. The number of benzene rings is 2. The van der Waals surface area contributed by atoms with Crippen LogP contribution in [0.5, 0.6) is 0 Å². The second-order valence-electron chi connectivity index (χ2n) is 6.81. The molecular formula is C22H19ClFN3O2S. The first-order valence-corrected chi connectivity index (χ1v) is 10.4. The summed E-state index contributed by atoms with van der Waals surface area (Å²) >= 11 is 7.28. The number of carbonyl (C=O) groups is 1. The Morgan fingerprint density at radius 2 is 2.07 bits per heavy atom.